The summed E-state index contributed by atoms with van der Waals surface area (Å²) in [5.41, 5.74) is 5.49. The average molecular weight is 386 g/mol. The average Bonchev–Trinajstić information content (AvgIpc) is 2.31. The van der Waals surface area contributed by atoms with E-state index in [2.05, 4.69) is 44.8 Å². The first-order valence-electron chi connectivity index (χ1n) is 6.07. The van der Waals surface area contributed by atoms with Crippen LogP contribution in [-0.4, -0.2) is 0 Å². The number of hydrogen-bond donors (Lipinski definition) is 0. The Hall–Kier alpha value is -0.670. The Labute approximate surface area is 130 Å². The molecule has 1 atom stereocenters. The summed E-state index contributed by atoms with van der Waals surface area (Å²) in [6.07, 6.45) is 0. The van der Waals surface area contributed by atoms with Gasteiger partial charge in [0.1, 0.15) is 5.82 Å². The van der Waals surface area contributed by atoms with E-state index in [1.54, 1.807) is 12.1 Å². The Morgan fingerprint density at radius 1 is 1.05 bits per heavy atom. The highest BCUT2D eigenvalue weighted by atomic mass is 79.9. The molecule has 0 fully saturated rings. The minimum Gasteiger partial charge on any atom is -0.207 e. The summed E-state index contributed by atoms with van der Waals surface area (Å²) in [7, 11) is 0. The SMILES string of the molecule is Cc1cc(F)cc(C)c1C(Br)c1cccc(Br)c1C. The van der Waals surface area contributed by atoms with Crippen molar-refractivity contribution in [2.24, 2.45) is 0 Å². The van der Waals surface area contributed by atoms with Gasteiger partial charge in [0, 0.05) is 4.47 Å². The summed E-state index contributed by atoms with van der Waals surface area (Å²) in [5.74, 6) is -0.176. The molecule has 0 aliphatic carbocycles. The van der Waals surface area contributed by atoms with Gasteiger partial charge in [-0.2, -0.15) is 0 Å². The number of hydrogen-bond acceptors (Lipinski definition) is 0. The Morgan fingerprint density at radius 2 is 1.63 bits per heavy atom. The molecule has 100 valence electrons. The third-order valence-corrected chi connectivity index (χ3v) is 5.20. The van der Waals surface area contributed by atoms with Crippen LogP contribution in [-0.2, 0) is 0 Å². The quantitative estimate of drug-likeness (QED) is 0.556. The van der Waals surface area contributed by atoms with Gasteiger partial charge in [0.05, 0.1) is 4.83 Å². The standard InChI is InChI=1S/C16H15Br2F/c1-9-7-12(19)8-10(2)15(9)16(18)13-5-4-6-14(17)11(13)3/h4-8,16H,1-3H3. The maximum Gasteiger partial charge on any atom is 0.123 e. The molecule has 0 heterocycles. The molecule has 0 aliphatic rings. The van der Waals surface area contributed by atoms with Crippen LogP contribution in [0.15, 0.2) is 34.8 Å². The van der Waals surface area contributed by atoms with Crippen molar-refractivity contribution < 1.29 is 4.39 Å². The van der Waals surface area contributed by atoms with Crippen LogP contribution in [0, 0.1) is 26.6 Å². The van der Waals surface area contributed by atoms with Gasteiger partial charge in [-0.1, -0.05) is 44.0 Å². The molecule has 0 aliphatic heterocycles. The highest BCUT2D eigenvalue weighted by Gasteiger charge is 2.18. The van der Waals surface area contributed by atoms with E-state index >= 15 is 0 Å². The van der Waals surface area contributed by atoms with E-state index in [0.29, 0.717) is 0 Å². The van der Waals surface area contributed by atoms with Crippen molar-refractivity contribution in [3.63, 3.8) is 0 Å². The summed E-state index contributed by atoms with van der Waals surface area (Å²) in [6, 6.07) is 9.33. The first-order valence-corrected chi connectivity index (χ1v) is 7.78. The first-order chi connectivity index (χ1) is 8.91. The fourth-order valence-corrected chi connectivity index (χ4v) is 3.98. The van der Waals surface area contributed by atoms with Crippen LogP contribution < -0.4 is 0 Å². The van der Waals surface area contributed by atoms with E-state index < -0.39 is 0 Å². The number of benzene rings is 2. The van der Waals surface area contributed by atoms with Gasteiger partial charge in [-0.05, 0) is 66.8 Å². The van der Waals surface area contributed by atoms with Crippen LogP contribution in [0.2, 0.25) is 0 Å². The van der Waals surface area contributed by atoms with E-state index in [1.165, 1.54) is 11.1 Å². The number of alkyl halides is 1. The fourth-order valence-electron chi connectivity index (χ4n) is 2.38. The lowest BCUT2D eigenvalue weighted by molar-refractivity contribution is 0.624. The van der Waals surface area contributed by atoms with Crippen LogP contribution >= 0.6 is 31.9 Å². The fraction of sp³-hybridized carbons (Fsp3) is 0.250. The predicted octanol–water partition coefficient (Wildman–Crippen LogP) is 6.00. The van der Waals surface area contributed by atoms with Crippen LogP contribution in [0.5, 0.6) is 0 Å². The molecule has 0 saturated carbocycles. The minimum atomic E-state index is -0.176. The van der Waals surface area contributed by atoms with Gasteiger partial charge >= 0.3 is 0 Å². The smallest absolute Gasteiger partial charge is 0.123 e. The zero-order valence-electron chi connectivity index (χ0n) is 11.1. The maximum absolute atomic E-state index is 13.4. The third kappa shape index (κ3) is 2.92. The molecule has 0 bridgehead atoms. The molecular weight excluding hydrogens is 371 g/mol. The van der Waals surface area contributed by atoms with Crippen molar-refractivity contribution in [2.45, 2.75) is 25.6 Å². The Kier molecular flexibility index (Phi) is 4.46. The summed E-state index contributed by atoms with van der Waals surface area (Å²) < 4.78 is 14.5. The second kappa shape index (κ2) is 5.76. The highest BCUT2D eigenvalue weighted by molar-refractivity contribution is 9.10. The van der Waals surface area contributed by atoms with Gasteiger partial charge in [-0.25, -0.2) is 4.39 Å². The summed E-state index contributed by atoms with van der Waals surface area (Å²) in [5, 5.41) is 0. The van der Waals surface area contributed by atoms with Gasteiger partial charge < -0.3 is 0 Å². The second-order valence-corrected chi connectivity index (χ2v) is 6.54. The normalized spacial score (nSPS) is 12.5. The molecule has 0 radical (unpaired) electrons. The molecule has 1 unspecified atom stereocenters. The molecule has 0 amide bonds. The first kappa shape index (κ1) is 14.7. The van der Waals surface area contributed by atoms with Crippen molar-refractivity contribution in [1.82, 2.24) is 0 Å². The Bertz CT molecular complexity index is 597. The molecule has 2 aromatic rings. The van der Waals surface area contributed by atoms with Crippen molar-refractivity contribution in [1.29, 1.82) is 0 Å². The van der Waals surface area contributed by atoms with Crippen molar-refractivity contribution in [3.05, 3.63) is 68.4 Å². The zero-order valence-corrected chi connectivity index (χ0v) is 14.3. The van der Waals surface area contributed by atoms with Gasteiger partial charge in [0.15, 0.2) is 0 Å². The van der Waals surface area contributed by atoms with Gasteiger partial charge in [0.25, 0.3) is 0 Å². The van der Waals surface area contributed by atoms with Crippen molar-refractivity contribution in [2.75, 3.05) is 0 Å². The van der Waals surface area contributed by atoms with Gasteiger partial charge in [-0.3, -0.25) is 0 Å². The number of aryl methyl sites for hydroxylation is 2. The lowest BCUT2D eigenvalue weighted by Crippen LogP contribution is -2.02. The number of rotatable bonds is 2. The summed E-state index contributed by atoms with van der Waals surface area (Å²) >= 11 is 7.32. The van der Waals surface area contributed by atoms with E-state index in [-0.39, 0.29) is 10.6 Å². The third-order valence-electron chi connectivity index (χ3n) is 3.39. The molecule has 2 rings (SSSR count). The van der Waals surface area contributed by atoms with Crippen LogP contribution in [0.25, 0.3) is 0 Å². The summed E-state index contributed by atoms with van der Waals surface area (Å²) in [4.78, 5) is 0.0746. The van der Waals surface area contributed by atoms with Crippen LogP contribution in [0.1, 0.15) is 32.6 Å². The Balaban J connectivity index is 2.56. The zero-order chi connectivity index (χ0) is 14.2. The molecular formula is C16H15Br2F. The van der Waals surface area contributed by atoms with Gasteiger partial charge in [0.2, 0.25) is 0 Å². The lowest BCUT2D eigenvalue weighted by atomic mass is 9.94. The van der Waals surface area contributed by atoms with E-state index in [4.69, 9.17) is 0 Å². The van der Waals surface area contributed by atoms with Gasteiger partial charge in [-0.15, -0.1) is 0 Å². The van der Waals surface area contributed by atoms with Crippen molar-refractivity contribution in [3.8, 4) is 0 Å². The molecule has 2 aromatic carbocycles. The molecule has 3 heteroatoms. The molecule has 0 nitrogen and oxygen atoms in total. The largest absolute Gasteiger partial charge is 0.207 e. The molecule has 0 aromatic heterocycles. The summed E-state index contributed by atoms with van der Waals surface area (Å²) in [6.45, 7) is 5.99. The Morgan fingerprint density at radius 3 is 2.21 bits per heavy atom. The van der Waals surface area contributed by atoms with Crippen molar-refractivity contribution >= 4 is 31.9 Å². The predicted molar refractivity (Wildman–Crippen MR) is 85.5 cm³/mol. The molecule has 0 spiro atoms. The molecule has 0 saturated heterocycles. The molecule has 19 heavy (non-hydrogen) atoms. The van der Waals surface area contributed by atoms with Crippen LogP contribution in [0.3, 0.4) is 0 Å². The number of halogens is 3. The second-order valence-electron chi connectivity index (χ2n) is 4.77. The van der Waals surface area contributed by atoms with E-state index in [1.807, 2.05) is 26.0 Å². The van der Waals surface area contributed by atoms with Crippen LogP contribution in [0.4, 0.5) is 4.39 Å². The maximum atomic E-state index is 13.4. The topological polar surface area (TPSA) is 0 Å². The lowest BCUT2D eigenvalue weighted by Gasteiger charge is -2.19. The highest BCUT2D eigenvalue weighted by Crippen LogP contribution is 2.38. The monoisotopic (exact) mass is 384 g/mol. The molecule has 0 N–H and O–H groups in total. The minimum absolute atomic E-state index is 0.0746. The van der Waals surface area contributed by atoms with E-state index in [0.717, 1.165) is 21.2 Å². The van der Waals surface area contributed by atoms with E-state index in [9.17, 15) is 4.39 Å².